The van der Waals surface area contributed by atoms with Crippen LogP contribution in [0.2, 0.25) is 0 Å². The van der Waals surface area contributed by atoms with Gasteiger partial charge < -0.3 is 5.73 Å². The molecule has 0 radical (unpaired) electrons. The minimum atomic E-state index is -0.928. The maximum Gasteiger partial charge on any atom is 0.0549 e. The Morgan fingerprint density at radius 3 is 2.87 bits per heavy atom. The summed E-state index contributed by atoms with van der Waals surface area (Å²) in [5, 5.41) is 0. The van der Waals surface area contributed by atoms with Crippen molar-refractivity contribution in [1.29, 1.82) is 0 Å². The highest BCUT2D eigenvalue weighted by Crippen LogP contribution is 2.23. The van der Waals surface area contributed by atoms with E-state index in [9.17, 15) is 4.21 Å². The van der Waals surface area contributed by atoms with E-state index in [1.54, 1.807) is 12.1 Å². The summed E-state index contributed by atoms with van der Waals surface area (Å²) in [6.45, 7) is 2.10. The van der Waals surface area contributed by atoms with Gasteiger partial charge in [0, 0.05) is 21.7 Å². The normalized spacial score (nSPS) is 12.7. The van der Waals surface area contributed by atoms with Crippen LogP contribution < -0.4 is 5.73 Å². The number of thioether (sulfide) groups is 1. The standard InChI is InChI=1S/C10H14BrNOS2/c1-2-14-5-6-15(13)10-4-3-8(12)7-9(10)11/h3-4,7H,2,5-6,12H2,1H3. The van der Waals surface area contributed by atoms with E-state index in [2.05, 4.69) is 22.9 Å². The second kappa shape index (κ2) is 6.55. The number of rotatable bonds is 5. The van der Waals surface area contributed by atoms with Crippen LogP contribution in [0.15, 0.2) is 27.6 Å². The van der Waals surface area contributed by atoms with Crippen LogP contribution in [0.3, 0.4) is 0 Å². The van der Waals surface area contributed by atoms with Gasteiger partial charge in [-0.05, 0) is 39.9 Å². The first-order valence-electron chi connectivity index (χ1n) is 4.66. The zero-order chi connectivity index (χ0) is 11.3. The van der Waals surface area contributed by atoms with Crippen LogP contribution in [0.5, 0.6) is 0 Å². The average molecular weight is 308 g/mol. The lowest BCUT2D eigenvalue weighted by molar-refractivity contribution is 0.684. The SMILES string of the molecule is CCSCCS(=O)c1ccc(N)cc1Br. The van der Waals surface area contributed by atoms with Crippen LogP contribution in [0.1, 0.15) is 6.92 Å². The van der Waals surface area contributed by atoms with Gasteiger partial charge >= 0.3 is 0 Å². The monoisotopic (exact) mass is 307 g/mol. The Bertz CT molecular complexity index is 357. The predicted molar refractivity (Wildman–Crippen MR) is 72.8 cm³/mol. The summed E-state index contributed by atoms with van der Waals surface area (Å²) < 4.78 is 12.7. The third-order valence-corrected chi connectivity index (χ3v) is 5.32. The molecule has 1 rings (SSSR count). The molecule has 0 saturated carbocycles. The van der Waals surface area contributed by atoms with Crippen molar-refractivity contribution in [3.8, 4) is 0 Å². The summed E-state index contributed by atoms with van der Waals surface area (Å²) in [6, 6.07) is 5.40. The zero-order valence-electron chi connectivity index (χ0n) is 8.53. The molecule has 0 fully saturated rings. The number of nitrogens with two attached hydrogens (primary N) is 1. The van der Waals surface area contributed by atoms with E-state index in [1.165, 1.54) is 0 Å². The minimum Gasteiger partial charge on any atom is -0.399 e. The van der Waals surface area contributed by atoms with E-state index >= 15 is 0 Å². The highest BCUT2D eigenvalue weighted by molar-refractivity contribution is 9.10. The molecule has 0 aliphatic carbocycles. The lowest BCUT2D eigenvalue weighted by Crippen LogP contribution is -2.02. The molecular formula is C10H14BrNOS2. The van der Waals surface area contributed by atoms with Crippen molar-refractivity contribution in [1.82, 2.24) is 0 Å². The van der Waals surface area contributed by atoms with Crippen molar-refractivity contribution < 1.29 is 4.21 Å². The molecular weight excluding hydrogens is 294 g/mol. The molecule has 0 bridgehead atoms. The molecule has 84 valence electrons. The average Bonchev–Trinajstić information content (AvgIpc) is 2.17. The first kappa shape index (κ1) is 13.1. The molecule has 0 heterocycles. The Kier molecular flexibility index (Phi) is 5.71. The van der Waals surface area contributed by atoms with Crippen molar-refractivity contribution in [2.75, 3.05) is 23.0 Å². The maximum atomic E-state index is 11.9. The minimum absolute atomic E-state index is 0.686. The second-order valence-corrected chi connectivity index (χ2v) is 6.72. The van der Waals surface area contributed by atoms with Crippen molar-refractivity contribution in [3.05, 3.63) is 22.7 Å². The molecule has 0 aliphatic rings. The Balaban J connectivity index is 2.65. The molecule has 1 aromatic rings. The molecule has 5 heteroatoms. The van der Waals surface area contributed by atoms with E-state index in [-0.39, 0.29) is 0 Å². The topological polar surface area (TPSA) is 43.1 Å². The lowest BCUT2D eigenvalue weighted by Gasteiger charge is -2.05. The fourth-order valence-corrected chi connectivity index (χ4v) is 4.11. The Morgan fingerprint density at radius 1 is 1.53 bits per heavy atom. The van der Waals surface area contributed by atoms with Crippen LogP contribution in [0, 0.1) is 0 Å². The van der Waals surface area contributed by atoms with Gasteiger partial charge in [-0.15, -0.1) is 0 Å². The number of halogens is 1. The summed E-state index contributed by atoms with van der Waals surface area (Å²) >= 11 is 5.18. The molecule has 1 aromatic carbocycles. The van der Waals surface area contributed by atoms with Crippen LogP contribution in [-0.2, 0) is 10.8 Å². The molecule has 2 N–H and O–H groups in total. The van der Waals surface area contributed by atoms with Crippen LogP contribution in [0.25, 0.3) is 0 Å². The largest absolute Gasteiger partial charge is 0.399 e. The van der Waals surface area contributed by atoms with E-state index in [0.29, 0.717) is 11.4 Å². The second-order valence-electron chi connectivity index (χ2n) is 2.94. The van der Waals surface area contributed by atoms with Crippen molar-refractivity contribution in [2.45, 2.75) is 11.8 Å². The smallest absolute Gasteiger partial charge is 0.0549 e. The van der Waals surface area contributed by atoms with Gasteiger partial charge in [-0.25, -0.2) is 0 Å². The third kappa shape index (κ3) is 4.17. The van der Waals surface area contributed by atoms with Crippen LogP contribution in [0.4, 0.5) is 5.69 Å². The first-order valence-corrected chi connectivity index (χ1v) is 7.93. The highest BCUT2D eigenvalue weighted by atomic mass is 79.9. The van der Waals surface area contributed by atoms with Gasteiger partial charge in [0.15, 0.2) is 0 Å². The van der Waals surface area contributed by atoms with E-state index in [1.807, 2.05) is 17.8 Å². The molecule has 1 atom stereocenters. The molecule has 1 unspecified atom stereocenters. The Hall–Kier alpha value is -0.000000000000000111. The Morgan fingerprint density at radius 2 is 2.27 bits per heavy atom. The van der Waals surface area contributed by atoms with Crippen LogP contribution >= 0.6 is 27.7 Å². The summed E-state index contributed by atoms with van der Waals surface area (Å²) in [4.78, 5) is 0.834. The van der Waals surface area contributed by atoms with E-state index in [0.717, 1.165) is 20.9 Å². The summed E-state index contributed by atoms with van der Waals surface area (Å²) in [6.07, 6.45) is 0. The molecule has 0 saturated heterocycles. The quantitative estimate of drug-likeness (QED) is 0.672. The van der Waals surface area contributed by atoms with Gasteiger partial charge in [-0.1, -0.05) is 6.92 Å². The number of anilines is 1. The maximum absolute atomic E-state index is 11.9. The number of hydrogen-bond acceptors (Lipinski definition) is 3. The summed E-state index contributed by atoms with van der Waals surface area (Å²) in [5.41, 5.74) is 6.30. The summed E-state index contributed by atoms with van der Waals surface area (Å²) in [7, 11) is -0.928. The molecule has 0 spiro atoms. The lowest BCUT2D eigenvalue weighted by atomic mass is 10.3. The summed E-state index contributed by atoms with van der Waals surface area (Å²) in [5.74, 6) is 2.70. The number of nitrogen functional groups attached to an aromatic ring is 1. The molecule has 0 amide bonds. The Labute approximate surface area is 106 Å². The number of hydrogen-bond donors (Lipinski definition) is 1. The number of benzene rings is 1. The van der Waals surface area contributed by atoms with Crippen molar-refractivity contribution >= 4 is 44.2 Å². The van der Waals surface area contributed by atoms with Crippen molar-refractivity contribution in [2.24, 2.45) is 0 Å². The fourth-order valence-electron chi connectivity index (χ4n) is 1.09. The fraction of sp³-hybridized carbons (Fsp3) is 0.400. The first-order chi connectivity index (χ1) is 7.15. The van der Waals surface area contributed by atoms with Gasteiger partial charge in [0.1, 0.15) is 0 Å². The van der Waals surface area contributed by atoms with Gasteiger partial charge in [-0.3, -0.25) is 4.21 Å². The third-order valence-electron chi connectivity index (χ3n) is 1.82. The van der Waals surface area contributed by atoms with Crippen LogP contribution in [-0.4, -0.2) is 21.5 Å². The molecule has 0 aliphatic heterocycles. The predicted octanol–water partition coefficient (Wildman–Crippen LogP) is 2.89. The molecule has 15 heavy (non-hydrogen) atoms. The molecule has 2 nitrogen and oxygen atoms in total. The van der Waals surface area contributed by atoms with E-state index < -0.39 is 10.8 Å². The van der Waals surface area contributed by atoms with Gasteiger partial charge in [0.05, 0.1) is 15.7 Å². The highest BCUT2D eigenvalue weighted by Gasteiger charge is 2.07. The molecule has 0 aromatic heterocycles. The van der Waals surface area contributed by atoms with E-state index in [4.69, 9.17) is 5.73 Å². The van der Waals surface area contributed by atoms with Gasteiger partial charge in [-0.2, -0.15) is 11.8 Å². The van der Waals surface area contributed by atoms with Gasteiger partial charge in [0.2, 0.25) is 0 Å². The van der Waals surface area contributed by atoms with Crippen molar-refractivity contribution in [3.63, 3.8) is 0 Å². The zero-order valence-corrected chi connectivity index (χ0v) is 11.8. The van der Waals surface area contributed by atoms with Gasteiger partial charge in [0.25, 0.3) is 0 Å².